The predicted octanol–water partition coefficient (Wildman–Crippen LogP) is 2.72. The van der Waals surface area contributed by atoms with Crippen molar-refractivity contribution in [1.29, 1.82) is 0 Å². The number of likely N-dealkylation sites (tertiary alicyclic amines) is 1. The molecule has 1 fully saturated rings. The van der Waals surface area contributed by atoms with Gasteiger partial charge in [0.05, 0.1) is 31.2 Å². The van der Waals surface area contributed by atoms with E-state index >= 15 is 0 Å². The van der Waals surface area contributed by atoms with Crippen molar-refractivity contribution in [3.63, 3.8) is 0 Å². The number of H-pyrrole nitrogens is 1. The number of fused-ring (bicyclic) bond motifs is 2. The van der Waals surface area contributed by atoms with Gasteiger partial charge in [-0.2, -0.15) is 5.10 Å². The molecule has 1 aliphatic heterocycles. The molecular formula is C24H30N8O2. The van der Waals surface area contributed by atoms with E-state index in [0.717, 1.165) is 59.6 Å². The van der Waals surface area contributed by atoms with Gasteiger partial charge in [-0.05, 0) is 37.9 Å². The van der Waals surface area contributed by atoms with Crippen molar-refractivity contribution in [2.24, 2.45) is 0 Å². The Morgan fingerprint density at radius 3 is 2.79 bits per heavy atom. The Kier molecular flexibility index (Phi) is 5.91. The number of piperidine rings is 1. The first-order valence-corrected chi connectivity index (χ1v) is 11.7. The molecule has 4 aromatic rings. The first-order chi connectivity index (χ1) is 16.5. The second kappa shape index (κ2) is 9.02. The lowest BCUT2D eigenvalue weighted by Gasteiger charge is -2.30. The van der Waals surface area contributed by atoms with Crippen molar-refractivity contribution in [2.75, 3.05) is 33.8 Å². The number of amides is 1. The SMILES string of the molecule is CNC(=O)CN1CCC(c2cnc3[nH]c(-c4cc(OC)c5ncnn5c4)c(C(C)C)c3n2)CC1. The lowest BCUT2D eigenvalue weighted by Crippen LogP contribution is -2.40. The standard InChI is InChI=1S/C24H30N8O2/c1-14(2)20-21(16-9-18(34-4)24-27-13-28-32(24)11-16)30-23-22(20)29-17(10-26-23)15-5-7-31(8-6-15)12-19(33)25-3/h9-11,13-15H,5-8,12H2,1-4H3,(H,25,33)(H,26,30). The summed E-state index contributed by atoms with van der Waals surface area (Å²) in [5.41, 5.74) is 6.42. The molecule has 4 aromatic heterocycles. The third kappa shape index (κ3) is 3.98. The zero-order chi connectivity index (χ0) is 23.8. The molecule has 1 aliphatic rings. The summed E-state index contributed by atoms with van der Waals surface area (Å²) >= 11 is 0. The maximum Gasteiger partial charge on any atom is 0.233 e. The van der Waals surface area contributed by atoms with Gasteiger partial charge in [-0.25, -0.2) is 19.5 Å². The number of hydrogen-bond donors (Lipinski definition) is 2. The number of likely N-dealkylation sites (N-methyl/N-ethyl adjacent to an activating group) is 1. The number of hydrogen-bond acceptors (Lipinski definition) is 7. The number of rotatable bonds is 6. The lowest BCUT2D eigenvalue weighted by atomic mass is 9.93. The fraction of sp³-hybridized carbons (Fsp3) is 0.458. The molecular weight excluding hydrogens is 432 g/mol. The third-order valence-electron chi connectivity index (χ3n) is 6.64. The highest BCUT2D eigenvalue weighted by Crippen LogP contribution is 2.37. The number of nitrogens with zero attached hydrogens (tertiary/aromatic N) is 6. The number of pyridine rings is 1. The number of aromatic amines is 1. The van der Waals surface area contributed by atoms with Crippen LogP contribution in [0.1, 0.15) is 49.8 Å². The summed E-state index contributed by atoms with van der Waals surface area (Å²) in [5.74, 6) is 1.29. The first kappa shape index (κ1) is 22.3. The largest absolute Gasteiger partial charge is 0.493 e. The molecule has 0 bridgehead atoms. The Balaban J connectivity index is 1.49. The van der Waals surface area contributed by atoms with Gasteiger partial charge in [0.15, 0.2) is 17.0 Å². The number of ether oxygens (including phenoxy) is 1. The monoisotopic (exact) mass is 462 g/mol. The number of nitrogens with one attached hydrogen (secondary N) is 2. The van der Waals surface area contributed by atoms with Crippen molar-refractivity contribution in [2.45, 2.75) is 38.5 Å². The van der Waals surface area contributed by atoms with Crippen LogP contribution in [-0.4, -0.2) is 74.1 Å². The molecule has 0 unspecified atom stereocenters. The van der Waals surface area contributed by atoms with Gasteiger partial charge >= 0.3 is 0 Å². The van der Waals surface area contributed by atoms with Crippen molar-refractivity contribution >= 4 is 22.7 Å². The Morgan fingerprint density at radius 1 is 1.29 bits per heavy atom. The van der Waals surface area contributed by atoms with Crippen LogP contribution in [0.2, 0.25) is 0 Å². The summed E-state index contributed by atoms with van der Waals surface area (Å²) in [7, 11) is 3.31. The van der Waals surface area contributed by atoms with Gasteiger partial charge in [0, 0.05) is 30.3 Å². The molecule has 1 amide bonds. The molecule has 5 rings (SSSR count). The fourth-order valence-electron chi connectivity index (χ4n) is 4.82. The van der Waals surface area contributed by atoms with Crippen LogP contribution < -0.4 is 10.1 Å². The minimum atomic E-state index is 0.0572. The van der Waals surface area contributed by atoms with E-state index in [1.54, 1.807) is 18.7 Å². The van der Waals surface area contributed by atoms with Gasteiger partial charge in [0.2, 0.25) is 5.91 Å². The normalized spacial score (nSPS) is 15.4. The molecule has 0 spiro atoms. The summed E-state index contributed by atoms with van der Waals surface area (Å²) in [5, 5.41) is 7.00. The maximum atomic E-state index is 11.7. The number of carbonyl (C=O) groups is 1. The topological polar surface area (TPSA) is 113 Å². The van der Waals surface area contributed by atoms with Crippen LogP contribution in [-0.2, 0) is 4.79 Å². The quantitative estimate of drug-likeness (QED) is 0.453. The highest BCUT2D eigenvalue weighted by atomic mass is 16.5. The van der Waals surface area contributed by atoms with Crippen molar-refractivity contribution in [1.82, 2.24) is 39.8 Å². The zero-order valence-electron chi connectivity index (χ0n) is 20.0. The average molecular weight is 463 g/mol. The van der Waals surface area contributed by atoms with Gasteiger partial charge in [-0.1, -0.05) is 13.8 Å². The van der Waals surface area contributed by atoms with E-state index in [-0.39, 0.29) is 11.8 Å². The molecule has 1 saturated heterocycles. The summed E-state index contributed by atoms with van der Waals surface area (Å²) in [6, 6.07) is 1.98. The second-order valence-electron chi connectivity index (χ2n) is 9.11. The number of methoxy groups -OCH3 is 1. The van der Waals surface area contributed by atoms with Crippen LogP contribution >= 0.6 is 0 Å². The fourth-order valence-corrected chi connectivity index (χ4v) is 4.82. The van der Waals surface area contributed by atoms with Gasteiger partial charge < -0.3 is 15.0 Å². The molecule has 34 heavy (non-hydrogen) atoms. The molecule has 0 atom stereocenters. The van der Waals surface area contributed by atoms with Crippen LogP contribution in [0, 0.1) is 0 Å². The van der Waals surface area contributed by atoms with Gasteiger partial charge in [-0.15, -0.1) is 0 Å². The van der Waals surface area contributed by atoms with Crippen LogP contribution in [0.5, 0.6) is 5.75 Å². The molecule has 178 valence electrons. The molecule has 0 radical (unpaired) electrons. The van der Waals surface area contributed by atoms with Crippen molar-refractivity contribution in [3.8, 4) is 17.0 Å². The summed E-state index contributed by atoms with van der Waals surface area (Å²) in [6.07, 6.45) is 7.29. The lowest BCUT2D eigenvalue weighted by molar-refractivity contribution is -0.122. The van der Waals surface area contributed by atoms with Crippen LogP contribution in [0.4, 0.5) is 0 Å². The molecule has 10 heteroatoms. The minimum Gasteiger partial charge on any atom is -0.493 e. The van der Waals surface area contributed by atoms with E-state index in [1.807, 2.05) is 18.5 Å². The van der Waals surface area contributed by atoms with E-state index in [0.29, 0.717) is 23.9 Å². The van der Waals surface area contributed by atoms with Gasteiger partial charge in [0.25, 0.3) is 0 Å². The molecule has 0 aromatic carbocycles. The molecule has 2 N–H and O–H groups in total. The van der Waals surface area contributed by atoms with Crippen molar-refractivity contribution in [3.05, 3.63) is 36.0 Å². The Bertz CT molecular complexity index is 1330. The summed E-state index contributed by atoms with van der Waals surface area (Å²) in [6.45, 7) is 6.55. The van der Waals surface area contributed by atoms with E-state index in [9.17, 15) is 4.79 Å². The van der Waals surface area contributed by atoms with Crippen molar-refractivity contribution < 1.29 is 9.53 Å². The Labute approximate surface area is 197 Å². The summed E-state index contributed by atoms with van der Waals surface area (Å²) < 4.78 is 7.29. The van der Waals surface area contributed by atoms with E-state index in [2.05, 4.69) is 39.1 Å². The van der Waals surface area contributed by atoms with Gasteiger partial charge in [-0.3, -0.25) is 9.69 Å². The van der Waals surface area contributed by atoms with Crippen LogP contribution in [0.15, 0.2) is 24.8 Å². The average Bonchev–Trinajstić information content (AvgIpc) is 3.48. The molecule has 0 saturated carbocycles. The molecule has 5 heterocycles. The number of carbonyl (C=O) groups excluding carboxylic acids is 1. The van der Waals surface area contributed by atoms with E-state index < -0.39 is 0 Å². The second-order valence-corrected chi connectivity index (χ2v) is 9.11. The molecule has 10 nitrogen and oxygen atoms in total. The Morgan fingerprint density at radius 2 is 2.09 bits per heavy atom. The van der Waals surface area contributed by atoms with Crippen LogP contribution in [0.25, 0.3) is 28.1 Å². The number of aromatic nitrogens is 6. The Hall–Kier alpha value is -3.53. The predicted molar refractivity (Wildman–Crippen MR) is 129 cm³/mol. The highest BCUT2D eigenvalue weighted by molar-refractivity contribution is 5.86. The highest BCUT2D eigenvalue weighted by Gasteiger charge is 2.25. The smallest absolute Gasteiger partial charge is 0.233 e. The minimum absolute atomic E-state index is 0.0572. The van der Waals surface area contributed by atoms with E-state index in [1.165, 1.54) is 6.33 Å². The van der Waals surface area contributed by atoms with Gasteiger partial charge in [0.1, 0.15) is 11.8 Å². The third-order valence-corrected chi connectivity index (χ3v) is 6.64. The maximum absolute atomic E-state index is 11.7. The zero-order valence-corrected chi connectivity index (χ0v) is 20.0. The first-order valence-electron chi connectivity index (χ1n) is 11.7. The molecule has 0 aliphatic carbocycles. The van der Waals surface area contributed by atoms with Crippen LogP contribution in [0.3, 0.4) is 0 Å². The summed E-state index contributed by atoms with van der Waals surface area (Å²) in [4.78, 5) is 31.5. The van der Waals surface area contributed by atoms with E-state index in [4.69, 9.17) is 14.7 Å².